The molecule has 0 saturated heterocycles. The second-order valence-electron chi connectivity index (χ2n) is 6.14. The standard InChI is InChI=1S/C18H27NO2/c1-15(18(21)16-8-4-2-5-9-16)14-19(12-13-20)17-10-6-3-7-11-17/h2,4-5,8-9,15,17,20H,3,6-7,10-14H2,1H3. The summed E-state index contributed by atoms with van der Waals surface area (Å²) in [6.45, 7) is 3.60. The number of nitrogens with zero attached hydrogens (tertiary/aromatic N) is 1. The molecule has 0 spiro atoms. The van der Waals surface area contributed by atoms with E-state index in [1.54, 1.807) is 0 Å². The first-order chi connectivity index (χ1) is 10.2. The number of aliphatic hydroxyl groups excluding tert-OH is 1. The van der Waals surface area contributed by atoms with E-state index in [0.29, 0.717) is 12.6 Å². The number of carbonyl (C=O) groups excluding carboxylic acids is 1. The second-order valence-corrected chi connectivity index (χ2v) is 6.14. The van der Waals surface area contributed by atoms with Crippen LogP contribution in [0.4, 0.5) is 0 Å². The normalized spacial score (nSPS) is 17.9. The van der Waals surface area contributed by atoms with Crippen LogP contribution in [0.5, 0.6) is 0 Å². The summed E-state index contributed by atoms with van der Waals surface area (Å²) in [6.07, 6.45) is 6.27. The van der Waals surface area contributed by atoms with Crippen LogP contribution in [-0.4, -0.2) is 41.5 Å². The first kappa shape index (κ1) is 16.2. The molecule has 3 nitrogen and oxygen atoms in total. The van der Waals surface area contributed by atoms with Crippen LogP contribution in [-0.2, 0) is 0 Å². The first-order valence-corrected chi connectivity index (χ1v) is 8.16. The maximum Gasteiger partial charge on any atom is 0.166 e. The molecule has 2 rings (SSSR count). The number of Topliss-reactive ketones (excluding diaryl/α,β-unsaturated/α-hetero) is 1. The lowest BCUT2D eigenvalue weighted by molar-refractivity contribution is 0.0794. The highest BCUT2D eigenvalue weighted by molar-refractivity contribution is 5.97. The lowest BCUT2D eigenvalue weighted by Gasteiger charge is -2.35. The van der Waals surface area contributed by atoms with Crippen LogP contribution in [0, 0.1) is 5.92 Å². The van der Waals surface area contributed by atoms with Gasteiger partial charge in [0.25, 0.3) is 0 Å². The van der Waals surface area contributed by atoms with Crippen LogP contribution >= 0.6 is 0 Å². The van der Waals surface area contributed by atoms with Crippen molar-refractivity contribution in [1.82, 2.24) is 4.90 Å². The van der Waals surface area contributed by atoms with Crippen molar-refractivity contribution < 1.29 is 9.90 Å². The Balaban J connectivity index is 1.97. The fourth-order valence-corrected chi connectivity index (χ4v) is 3.32. The molecule has 0 aromatic heterocycles. The van der Waals surface area contributed by atoms with Crippen molar-refractivity contribution in [2.45, 2.75) is 45.1 Å². The Morgan fingerprint density at radius 1 is 1.24 bits per heavy atom. The Labute approximate surface area is 128 Å². The van der Waals surface area contributed by atoms with Gasteiger partial charge in [0, 0.05) is 30.6 Å². The number of hydrogen-bond donors (Lipinski definition) is 1. The predicted molar refractivity (Wildman–Crippen MR) is 85.5 cm³/mol. The summed E-state index contributed by atoms with van der Waals surface area (Å²) < 4.78 is 0. The summed E-state index contributed by atoms with van der Waals surface area (Å²) in [7, 11) is 0. The van der Waals surface area contributed by atoms with E-state index in [-0.39, 0.29) is 18.3 Å². The highest BCUT2D eigenvalue weighted by Gasteiger charge is 2.25. The molecule has 116 valence electrons. The molecule has 3 heteroatoms. The number of rotatable bonds is 7. The number of ketones is 1. The monoisotopic (exact) mass is 289 g/mol. The van der Waals surface area contributed by atoms with Gasteiger partial charge in [0.15, 0.2) is 5.78 Å². The van der Waals surface area contributed by atoms with Crippen molar-refractivity contribution in [3.8, 4) is 0 Å². The highest BCUT2D eigenvalue weighted by atomic mass is 16.3. The topological polar surface area (TPSA) is 40.5 Å². The molecular formula is C18H27NO2. The van der Waals surface area contributed by atoms with Crippen LogP contribution in [0.1, 0.15) is 49.4 Å². The van der Waals surface area contributed by atoms with Gasteiger partial charge in [0.2, 0.25) is 0 Å². The third kappa shape index (κ3) is 4.65. The van der Waals surface area contributed by atoms with Crippen LogP contribution in [0.3, 0.4) is 0 Å². The quantitative estimate of drug-likeness (QED) is 0.784. The van der Waals surface area contributed by atoms with E-state index in [2.05, 4.69) is 4.90 Å². The fraction of sp³-hybridized carbons (Fsp3) is 0.611. The summed E-state index contributed by atoms with van der Waals surface area (Å²) in [4.78, 5) is 14.8. The van der Waals surface area contributed by atoms with Gasteiger partial charge in [-0.25, -0.2) is 0 Å². The number of hydrogen-bond acceptors (Lipinski definition) is 3. The zero-order valence-corrected chi connectivity index (χ0v) is 13.0. The molecule has 1 aromatic carbocycles. The van der Waals surface area contributed by atoms with E-state index in [0.717, 1.165) is 12.1 Å². The van der Waals surface area contributed by atoms with Gasteiger partial charge in [-0.05, 0) is 12.8 Å². The minimum atomic E-state index is -0.0270. The molecule has 1 unspecified atom stereocenters. The van der Waals surface area contributed by atoms with Crippen LogP contribution in [0.2, 0.25) is 0 Å². The third-order valence-corrected chi connectivity index (χ3v) is 4.49. The lowest BCUT2D eigenvalue weighted by Crippen LogP contribution is -2.42. The zero-order valence-electron chi connectivity index (χ0n) is 13.0. The molecule has 0 radical (unpaired) electrons. The van der Waals surface area contributed by atoms with E-state index in [1.807, 2.05) is 37.3 Å². The summed E-state index contributed by atoms with van der Waals surface area (Å²) in [5.41, 5.74) is 0.789. The first-order valence-electron chi connectivity index (χ1n) is 8.16. The van der Waals surface area contributed by atoms with Gasteiger partial charge in [-0.2, -0.15) is 0 Å². The molecule has 0 amide bonds. The number of carbonyl (C=O) groups is 1. The van der Waals surface area contributed by atoms with Crippen LogP contribution < -0.4 is 0 Å². The maximum atomic E-state index is 12.5. The third-order valence-electron chi connectivity index (χ3n) is 4.49. The number of aliphatic hydroxyl groups is 1. The van der Waals surface area contributed by atoms with Gasteiger partial charge >= 0.3 is 0 Å². The van der Waals surface area contributed by atoms with E-state index >= 15 is 0 Å². The molecule has 1 fully saturated rings. The fourth-order valence-electron chi connectivity index (χ4n) is 3.32. The maximum absolute atomic E-state index is 12.5. The summed E-state index contributed by atoms with van der Waals surface area (Å²) >= 11 is 0. The SMILES string of the molecule is CC(CN(CCO)C1CCCCC1)C(=O)c1ccccc1. The van der Waals surface area contributed by atoms with Crippen molar-refractivity contribution in [2.24, 2.45) is 5.92 Å². The largest absolute Gasteiger partial charge is 0.395 e. The average molecular weight is 289 g/mol. The average Bonchev–Trinajstić information content (AvgIpc) is 2.55. The molecule has 1 N–H and O–H groups in total. The van der Waals surface area contributed by atoms with Gasteiger partial charge in [0.1, 0.15) is 0 Å². The van der Waals surface area contributed by atoms with Crippen molar-refractivity contribution >= 4 is 5.78 Å². The van der Waals surface area contributed by atoms with Crippen molar-refractivity contribution in [3.63, 3.8) is 0 Å². The van der Waals surface area contributed by atoms with E-state index in [1.165, 1.54) is 32.1 Å². The minimum Gasteiger partial charge on any atom is -0.395 e. The molecule has 1 saturated carbocycles. The van der Waals surface area contributed by atoms with E-state index < -0.39 is 0 Å². The predicted octanol–water partition coefficient (Wildman–Crippen LogP) is 3.13. The van der Waals surface area contributed by atoms with Crippen molar-refractivity contribution in [3.05, 3.63) is 35.9 Å². The highest BCUT2D eigenvalue weighted by Crippen LogP contribution is 2.23. The van der Waals surface area contributed by atoms with Gasteiger partial charge in [-0.3, -0.25) is 9.69 Å². The minimum absolute atomic E-state index is 0.0270. The van der Waals surface area contributed by atoms with E-state index in [4.69, 9.17) is 0 Å². The van der Waals surface area contributed by atoms with Crippen molar-refractivity contribution in [2.75, 3.05) is 19.7 Å². The molecule has 0 heterocycles. The van der Waals surface area contributed by atoms with Crippen molar-refractivity contribution in [1.29, 1.82) is 0 Å². The van der Waals surface area contributed by atoms with Crippen LogP contribution in [0.15, 0.2) is 30.3 Å². The van der Waals surface area contributed by atoms with Gasteiger partial charge < -0.3 is 5.11 Å². The van der Waals surface area contributed by atoms with Gasteiger partial charge in [0.05, 0.1) is 6.61 Å². The second kappa shape index (κ2) is 8.30. The van der Waals surface area contributed by atoms with E-state index in [9.17, 15) is 9.90 Å². The summed E-state index contributed by atoms with van der Waals surface area (Å²) in [6, 6.07) is 10.1. The molecule has 21 heavy (non-hydrogen) atoms. The molecule has 1 aliphatic rings. The number of benzene rings is 1. The Hall–Kier alpha value is -1.19. The molecule has 1 atom stereocenters. The van der Waals surface area contributed by atoms with Gasteiger partial charge in [-0.15, -0.1) is 0 Å². The summed E-state index contributed by atoms with van der Waals surface area (Å²) in [5.74, 6) is 0.176. The lowest BCUT2D eigenvalue weighted by atomic mass is 9.92. The summed E-state index contributed by atoms with van der Waals surface area (Å²) in [5, 5.41) is 9.31. The Morgan fingerprint density at radius 2 is 1.90 bits per heavy atom. The molecule has 0 bridgehead atoms. The molecular weight excluding hydrogens is 262 g/mol. The smallest absolute Gasteiger partial charge is 0.166 e. The Morgan fingerprint density at radius 3 is 2.52 bits per heavy atom. The molecule has 1 aromatic rings. The Bertz CT molecular complexity index is 426. The Kier molecular flexibility index (Phi) is 6.40. The van der Waals surface area contributed by atoms with Crippen LogP contribution in [0.25, 0.3) is 0 Å². The van der Waals surface area contributed by atoms with Gasteiger partial charge in [-0.1, -0.05) is 56.5 Å². The molecule has 0 aliphatic heterocycles. The zero-order chi connectivity index (χ0) is 15.1. The molecule has 1 aliphatic carbocycles.